The Morgan fingerprint density at radius 2 is 2.12 bits per heavy atom. The highest BCUT2D eigenvalue weighted by atomic mass is 16.5. The number of aromatic amines is 1. The second-order valence-corrected chi connectivity index (χ2v) is 7.32. The van der Waals surface area contributed by atoms with Crippen LogP contribution >= 0.6 is 0 Å². The fraction of sp³-hybridized carbons (Fsp3) is 0.350. The largest absolute Gasteiger partial charge is 0.355 e. The molecule has 1 saturated heterocycles. The predicted molar refractivity (Wildman–Crippen MR) is 95.7 cm³/mol. The van der Waals surface area contributed by atoms with Crippen molar-refractivity contribution in [3.05, 3.63) is 59.5 Å². The Balaban J connectivity index is 1.39. The van der Waals surface area contributed by atoms with Crippen LogP contribution in [0, 0.1) is 0 Å². The molecule has 26 heavy (non-hydrogen) atoms. The Hall–Kier alpha value is -2.89. The zero-order valence-corrected chi connectivity index (χ0v) is 14.4. The van der Waals surface area contributed by atoms with E-state index < -0.39 is 0 Å². The van der Waals surface area contributed by atoms with Crippen molar-refractivity contribution in [3.8, 4) is 11.3 Å². The molecule has 0 bridgehead atoms. The summed E-state index contributed by atoms with van der Waals surface area (Å²) in [5, 5.41) is 11.4. The minimum absolute atomic E-state index is 0.0196. The molecule has 1 aromatic carbocycles. The van der Waals surface area contributed by atoms with E-state index in [-0.39, 0.29) is 11.3 Å². The number of aromatic nitrogens is 3. The Labute approximate surface area is 151 Å². The molecular formula is C20H20N4O2. The van der Waals surface area contributed by atoms with Crippen LogP contribution in [0.2, 0.25) is 0 Å². The third-order valence-electron chi connectivity index (χ3n) is 5.77. The molecule has 3 heterocycles. The number of nitrogens with zero attached hydrogens (tertiary/aromatic N) is 3. The van der Waals surface area contributed by atoms with Gasteiger partial charge in [-0.2, -0.15) is 5.10 Å². The average Bonchev–Trinajstić information content (AvgIpc) is 3.41. The molecule has 0 saturated carbocycles. The zero-order chi connectivity index (χ0) is 17.6. The van der Waals surface area contributed by atoms with Gasteiger partial charge in [0.15, 0.2) is 11.5 Å². The maximum atomic E-state index is 13.0. The van der Waals surface area contributed by atoms with E-state index >= 15 is 0 Å². The fourth-order valence-electron chi connectivity index (χ4n) is 4.45. The normalized spacial score (nSPS) is 21.9. The molecule has 5 rings (SSSR count). The van der Waals surface area contributed by atoms with Gasteiger partial charge in [-0.05, 0) is 31.2 Å². The summed E-state index contributed by atoms with van der Waals surface area (Å²) in [7, 11) is 0. The van der Waals surface area contributed by atoms with Gasteiger partial charge in [-0.1, -0.05) is 35.5 Å². The standard InChI is InChI=1S/C20H20N4O2/c25-19(16-11-17(26-23-16)14-5-2-1-3-6-14)24-10-4-8-20(13-24)9-7-15-12-21-22-18(15)20/h1-3,5-6,11-12H,4,7-10,13H2,(H,21,22). The van der Waals surface area contributed by atoms with E-state index in [0.29, 0.717) is 18.0 Å². The highest BCUT2D eigenvalue weighted by Gasteiger charge is 2.44. The van der Waals surface area contributed by atoms with E-state index in [2.05, 4.69) is 15.4 Å². The topological polar surface area (TPSA) is 75.0 Å². The minimum Gasteiger partial charge on any atom is -0.355 e. The highest BCUT2D eigenvalue weighted by molar-refractivity contribution is 5.93. The van der Waals surface area contributed by atoms with Gasteiger partial charge in [0.25, 0.3) is 5.91 Å². The zero-order valence-electron chi connectivity index (χ0n) is 14.4. The van der Waals surface area contributed by atoms with E-state index in [9.17, 15) is 4.79 Å². The molecule has 1 aliphatic heterocycles. The first-order valence-corrected chi connectivity index (χ1v) is 9.09. The van der Waals surface area contributed by atoms with Crippen LogP contribution in [0.1, 0.15) is 41.0 Å². The summed E-state index contributed by atoms with van der Waals surface area (Å²) in [6.45, 7) is 1.48. The van der Waals surface area contributed by atoms with Crippen molar-refractivity contribution in [3.63, 3.8) is 0 Å². The van der Waals surface area contributed by atoms with Gasteiger partial charge in [-0.15, -0.1) is 0 Å². The van der Waals surface area contributed by atoms with E-state index in [1.807, 2.05) is 41.4 Å². The second kappa shape index (κ2) is 5.83. The molecule has 6 heteroatoms. The van der Waals surface area contributed by atoms with E-state index in [1.165, 1.54) is 11.3 Å². The maximum Gasteiger partial charge on any atom is 0.276 e. The highest BCUT2D eigenvalue weighted by Crippen LogP contribution is 2.44. The lowest BCUT2D eigenvalue weighted by Crippen LogP contribution is -2.47. The van der Waals surface area contributed by atoms with Crippen LogP contribution in [0.25, 0.3) is 11.3 Å². The number of hydrogen-bond acceptors (Lipinski definition) is 4. The van der Waals surface area contributed by atoms with Crippen LogP contribution in [0.3, 0.4) is 0 Å². The number of aryl methyl sites for hydroxylation is 1. The van der Waals surface area contributed by atoms with Crippen molar-refractivity contribution in [2.45, 2.75) is 31.1 Å². The molecule has 1 aliphatic carbocycles. The van der Waals surface area contributed by atoms with Crippen molar-refractivity contribution in [2.75, 3.05) is 13.1 Å². The van der Waals surface area contributed by atoms with Crippen molar-refractivity contribution in [1.82, 2.24) is 20.3 Å². The summed E-state index contributed by atoms with van der Waals surface area (Å²) in [4.78, 5) is 14.9. The smallest absolute Gasteiger partial charge is 0.276 e. The summed E-state index contributed by atoms with van der Waals surface area (Å²) < 4.78 is 5.41. The number of H-pyrrole nitrogens is 1. The van der Waals surface area contributed by atoms with Crippen LogP contribution in [0.15, 0.2) is 47.1 Å². The maximum absolute atomic E-state index is 13.0. The van der Waals surface area contributed by atoms with E-state index in [0.717, 1.165) is 37.8 Å². The summed E-state index contributed by atoms with van der Waals surface area (Å²) in [6.07, 6.45) is 6.13. The Morgan fingerprint density at radius 1 is 1.23 bits per heavy atom. The summed E-state index contributed by atoms with van der Waals surface area (Å²) >= 11 is 0. The first-order chi connectivity index (χ1) is 12.8. The summed E-state index contributed by atoms with van der Waals surface area (Å²) in [5.41, 5.74) is 3.84. The molecule has 1 atom stereocenters. The first kappa shape index (κ1) is 15.4. The van der Waals surface area contributed by atoms with Crippen molar-refractivity contribution >= 4 is 5.91 Å². The van der Waals surface area contributed by atoms with Crippen LogP contribution in [-0.2, 0) is 11.8 Å². The predicted octanol–water partition coefficient (Wildman–Crippen LogP) is 3.18. The average molecular weight is 348 g/mol. The lowest BCUT2D eigenvalue weighted by atomic mass is 9.77. The number of amides is 1. The molecule has 2 aromatic heterocycles. The Bertz CT molecular complexity index is 946. The number of carbonyl (C=O) groups excluding carboxylic acids is 1. The fourth-order valence-corrected chi connectivity index (χ4v) is 4.45. The Morgan fingerprint density at radius 3 is 3.00 bits per heavy atom. The third kappa shape index (κ3) is 2.36. The number of benzene rings is 1. The van der Waals surface area contributed by atoms with Gasteiger partial charge >= 0.3 is 0 Å². The number of likely N-dealkylation sites (tertiary alicyclic amines) is 1. The van der Waals surface area contributed by atoms with Gasteiger partial charge in [0.05, 0.1) is 6.20 Å². The van der Waals surface area contributed by atoms with E-state index in [4.69, 9.17) is 4.52 Å². The number of fused-ring (bicyclic) bond motifs is 2. The van der Waals surface area contributed by atoms with Crippen LogP contribution in [0.4, 0.5) is 0 Å². The second-order valence-electron chi connectivity index (χ2n) is 7.32. The Kier molecular flexibility index (Phi) is 3.45. The number of nitrogens with one attached hydrogen (secondary N) is 1. The third-order valence-corrected chi connectivity index (χ3v) is 5.77. The van der Waals surface area contributed by atoms with Gasteiger partial charge in [-0.25, -0.2) is 0 Å². The monoisotopic (exact) mass is 348 g/mol. The van der Waals surface area contributed by atoms with E-state index in [1.54, 1.807) is 6.07 Å². The molecule has 6 nitrogen and oxygen atoms in total. The number of rotatable bonds is 2. The van der Waals surface area contributed by atoms with Crippen molar-refractivity contribution in [1.29, 1.82) is 0 Å². The van der Waals surface area contributed by atoms with Crippen molar-refractivity contribution in [2.24, 2.45) is 0 Å². The molecule has 1 fully saturated rings. The molecule has 1 unspecified atom stereocenters. The number of piperidine rings is 1. The molecule has 132 valence electrons. The molecule has 2 aliphatic rings. The van der Waals surface area contributed by atoms with Crippen LogP contribution < -0.4 is 0 Å². The van der Waals surface area contributed by atoms with Gasteiger partial charge < -0.3 is 9.42 Å². The molecule has 3 aromatic rings. The summed E-state index contributed by atoms with van der Waals surface area (Å²) in [5.74, 6) is 0.570. The van der Waals surface area contributed by atoms with Crippen LogP contribution in [-0.4, -0.2) is 39.3 Å². The molecule has 1 N–H and O–H groups in total. The van der Waals surface area contributed by atoms with Gasteiger partial charge in [-0.3, -0.25) is 9.89 Å². The van der Waals surface area contributed by atoms with Gasteiger partial charge in [0, 0.05) is 35.8 Å². The first-order valence-electron chi connectivity index (χ1n) is 9.09. The molecule has 1 amide bonds. The SMILES string of the molecule is O=C(c1cc(-c2ccccc2)on1)N1CCCC2(CCc3cn[nH]c32)C1. The minimum atomic E-state index is -0.0528. The number of hydrogen-bond donors (Lipinski definition) is 1. The lowest BCUT2D eigenvalue weighted by Gasteiger charge is -2.40. The van der Waals surface area contributed by atoms with Gasteiger partial charge in [0.1, 0.15) is 0 Å². The van der Waals surface area contributed by atoms with Crippen molar-refractivity contribution < 1.29 is 9.32 Å². The molecular weight excluding hydrogens is 328 g/mol. The van der Waals surface area contributed by atoms with Crippen LogP contribution in [0.5, 0.6) is 0 Å². The molecule has 0 radical (unpaired) electrons. The number of carbonyl (C=O) groups is 1. The molecule has 1 spiro atoms. The summed E-state index contributed by atoms with van der Waals surface area (Å²) in [6, 6.07) is 11.5. The quantitative estimate of drug-likeness (QED) is 0.772. The lowest BCUT2D eigenvalue weighted by molar-refractivity contribution is 0.0622. The van der Waals surface area contributed by atoms with Gasteiger partial charge in [0.2, 0.25) is 0 Å².